The molecule has 0 saturated carbocycles. The number of aromatic amines is 2. The third kappa shape index (κ3) is 5.37. The van der Waals surface area contributed by atoms with Gasteiger partial charge >= 0.3 is 12.1 Å². The Balaban J connectivity index is 1.40. The number of amides is 1. The zero-order chi connectivity index (χ0) is 24.3. The fraction of sp³-hybridized carbons (Fsp3) is 0.320. The van der Waals surface area contributed by atoms with E-state index in [9.17, 15) is 9.59 Å². The maximum atomic E-state index is 11.8. The zero-order valence-corrected chi connectivity index (χ0v) is 19.7. The molecule has 0 radical (unpaired) electrons. The number of H-pyrrole nitrogens is 2. The molecule has 0 spiro atoms. The summed E-state index contributed by atoms with van der Waals surface area (Å²) in [6.45, 7) is 7.29. The highest BCUT2D eigenvalue weighted by Gasteiger charge is 2.16. The lowest BCUT2D eigenvalue weighted by atomic mass is 10.1. The van der Waals surface area contributed by atoms with Gasteiger partial charge < -0.3 is 25.1 Å². The molecule has 4 aromatic rings. The number of alkyl carbamates (subject to hydrolysis) is 1. The van der Waals surface area contributed by atoms with E-state index >= 15 is 0 Å². The first kappa shape index (κ1) is 23.3. The van der Waals surface area contributed by atoms with Crippen molar-refractivity contribution in [3.8, 4) is 11.4 Å². The minimum atomic E-state index is -0.503. The van der Waals surface area contributed by atoms with Crippen LogP contribution in [0.15, 0.2) is 42.5 Å². The Kier molecular flexibility index (Phi) is 6.56. The van der Waals surface area contributed by atoms with Crippen LogP contribution in [0.1, 0.15) is 36.7 Å². The molecule has 0 bridgehead atoms. The fourth-order valence-electron chi connectivity index (χ4n) is 3.69. The number of nitrogens with zero attached hydrogens (tertiary/aromatic N) is 1. The molecule has 4 rings (SSSR count). The number of hydrogen-bond acceptors (Lipinski definition) is 6. The number of rotatable bonds is 7. The Morgan fingerprint density at radius 2 is 1.85 bits per heavy atom. The molecule has 0 saturated heterocycles. The summed E-state index contributed by atoms with van der Waals surface area (Å²) < 4.78 is 10.0. The van der Waals surface area contributed by atoms with Crippen LogP contribution in [0, 0.1) is 0 Å². The normalized spacial score (nSPS) is 11.6. The monoisotopic (exact) mass is 463 g/mol. The van der Waals surface area contributed by atoms with Crippen LogP contribution in [0.4, 0.5) is 4.79 Å². The lowest BCUT2D eigenvalue weighted by molar-refractivity contribution is 0.0527. The van der Waals surface area contributed by atoms with Crippen molar-refractivity contribution in [3.63, 3.8) is 0 Å². The largest absolute Gasteiger partial charge is 0.465 e. The molecule has 2 aromatic carbocycles. The average molecular weight is 464 g/mol. The van der Waals surface area contributed by atoms with E-state index in [2.05, 4.69) is 44.0 Å². The van der Waals surface area contributed by atoms with Crippen molar-refractivity contribution in [3.05, 3.63) is 53.6 Å². The number of hydrogen-bond donors (Lipinski definition) is 4. The number of fused-ring (bicyclic) bond motifs is 2. The Morgan fingerprint density at radius 3 is 2.62 bits per heavy atom. The highest BCUT2D eigenvalue weighted by molar-refractivity contribution is 5.99. The second-order valence-corrected chi connectivity index (χ2v) is 9.03. The fourth-order valence-corrected chi connectivity index (χ4v) is 3.69. The standard InChI is InChI=1S/C25H29N5O4/c1-25(2,3)34-24(32)27-10-9-26-14-15-5-8-19-17(11-15)13-21(28-19)22-18-7-6-16(23(31)33-4)12-20(18)29-30-22/h5-8,11-13,26,28H,9-10,14H2,1-4H3,(H,27,32)(H,29,30). The third-order valence-corrected chi connectivity index (χ3v) is 5.22. The van der Waals surface area contributed by atoms with Crippen LogP contribution in [-0.2, 0) is 16.0 Å². The van der Waals surface area contributed by atoms with Gasteiger partial charge in [0.25, 0.3) is 0 Å². The SMILES string of the molecule is COC(=O)c1ccc2c(-c3cc4cc(CNCCNC(=O)OC(C)(C)C)ccc4[nH]3)n[nH]c2c1. The Labute approximate surface area is 197 Å². The number of nitrogens with one attached hydrogen (secondary N) is 4. The number of aromatic nitrogens is 3. The summed E-state index contributed by atoms with van der Waals surface area (Å²) >= 11 is 0. The van der Waals surface area contributed by atoms with Gasteiger partial charge in [-0.2, -0.15) is 5.10 Å². The van der Waals surface area contributed by atoms with Gasteiger partial charge in [-0.15, -0.1) is 0 Å². The Hall–Kier alpha value is -3.85. The van der Waals surface area contributed by atoms with Crippen molar-refractivity contribution in [1.82, 2.24) is 25.8 Å². The molecule has 0 aliphatic rings. The van der Waals surface area contributed by atoms with Gasteiger partial charge in [-0.25, -0.2) is 9.59 Å². The van der Waals surface area contributed by atoms with E-state index in [0.29, 0.717) is 25.2 Å². The summed E-state index contributed by atoms with van der Waals surface area (Å²) in [6, 6.07) is 13.6. The lowest BCUT2D eigenvalue weighted by Crippen LogP contribution is -2.36. The Morgan fingerprint density at radius 1 is 1.03 bits per heavy atom. The number of methoxy groups -OCH3 is 1. The second kappa shape index (κ2) is 9.56. The van der Waals surface area contributed by atoms with E-state index < -0.39 is 11.7 Å². The molecule has 9 heteroatoms. The maximum absolute atomic E-state index is 11.8. The van der Waals surface area contributed by atoms with Crippen molar-refractivity contribution < 1.29 is 19.1 Å². The minimum absolute atomic E-state index is 0.384. The molecule has 178 valence electrons. The molecule has 0 unspecified atom stereocenters. The molecule has 2 aromatic heterocycles. The topological polar surface area (TPSA) is 121 Å². The number of esters is 1. The smallest absolute Gasteiger partial charge is 0.407 e. The van der Waals surface area contributed by atoms with Crippen LogP contribution in [0.2, 0.25) is 0 Å². The molecule has 9 nitrogen and oxygen atoms in total. The van der Waals surface area contributed by atoms with Gasteiger partial charge in [-0.3, -0.25) is 5.10 Å². The third-order valence-electron chi connectivity index (χ3n) is 5.22. The van der Waals surface area contributed by atoms with Crippen molar-refractivity contribution in [2.75, 3.05) is 20.2 Å². The second-order valence-electron chi connectivity index (χ2n) is 9.03. The number of benzene rings is 2. The van der Waals surface area contributed by atoms with Gasteiger partial charge in [-0.1, -0.05) is 6.07 Å². The predicted octanol–water partition coefficient (Wildman–Crippen LogP) is 4.11. The summed E-state index contributed by atoms with van der Waals surface area (Å²) in [5.74, 6) is -0.384. The van der Waals surface area contributed by atoms with E-state index in [0.717, 1.165) is 38.8 Å². The predicted molar refractivity (Wildman–Crippen MR) is 131 cm³/mol. The molecular weight excluding hydrogens is 434 g/mol. The van der Waals surface area contributed by atoms with E-state index in [-0.39, 0.29) is 5.97 Å². The van der Waals surface area contributed by atoms with Crippen LogP contribution in [0.5, 0.6) is 0 Å². The summed E-state index contributed by atoms with van der Waals surface area (Å²) in [6.07, 6.45) is -0.414. The van der Waals surface area contributed by atoms with Gasteiger partial charge in [0, 0.05) is 35.9 Å². The quantitative estimate of drug-likeness (QED) is 0.242. The maximum Gasteiger partial charge on any atom is 0.407 e. The van der Waals surface area contributed by atoms with E-state index in [1.807, 2.05) is 32.9 Å². The van der Waals surface area contributed by atoms with Gasteiger partial charge in [-0.05, 0) is 62.7 Å². The molecule has 34 heavy (non-hydrogen) atoms. The first-order valence-electron chi connectivity index (χ1n) is 11.1. The van der Waals surface area contributed by atoms with E-state index in [1.165, 1.54) is 7.11 Å². The first-order chi connectivity index (χ1) is 16.2. The van der Waals surface area contributed by atoms with Crippen molar-refractivity contribution in [2.45, 2.75) is 32.9 Å². The van der Waals surface area contributed by atoms with Crippen LogP contribution < -0.4 is 10.6 Å². The summed E-state index contributed by atoms with van der Waals surface area (Å²) in [7, 11) is 1.36. The van der Waals surface area contributed by atoms with Crippen LogP contribution in [0.25, 0.3) is 33.2 Å². The van der Waals surface area contributed by atoms with Gasteiger partial charge in [0.05, 0.1) is 23.9 Å². The summed E-state index contributed by atoms with van der Waals surface area (Å²) in [4.78, 5) is 26.9. The summed E-state index contributed by atoms with van der Waals surface area (Å²) in [5.41, 5.74) is 4.55. The van der Waals surface area contributed by atoms with Crippen LogP contribution >= 0.6 is 0 Å². The number of carbonyl (C=O) groups excluding carboxylic acids is 2. The van der Waals surface area contributed by atoms with Crippen LogP contribution in [0.3, 0.4) is 0 Å². The highest BCUT2D eigenvalue weighted by Crippen LogP contribution is 2.29. The number of carbonyl (C=O) groups is 2. The molecule has 2 heterocycles. The molecular formula is C25H29N5O4. The highest BCUT2D eigenvalue weighted by atomic mass is 16.6. The molecule has 1 amide bonds. The molecule has 4 N–H and O–H groups in total. The zero-order valence-electron chi connectivity index (χ0n) is 19.7. The van der Waals surface area contributed by atoms with Gasteiger partial charge in [0.1, 0.15) is 11.3 Å². The number of ether oxygens (including phenoxy) is 2. The molecule has 0 aliphatic carbocycles. The van der Waals surface area contributed by atoms with Crippen molar-refractivity contribution >= 4 is 33.9 Å². The molecule has 0 aliphatic heterocycles. The van der Waals surface area contributed by atoms with E-state index in [1.54, 1.807) is 12.1 Å². The molecule has 0 atom stereocenters. The summed E-state index contributed by atoms with van der Waals surface area (Å²) in [5, 5.41) is 15.5. The van der Waals surface area contributed by atoms with E-state index in [4.69, 9.17) is 9.47 Å². The average Bonchev–Trinajstić information content (AvgIpc) is 3.40. The lowest BCUT2D eigenvalue weighted by Gasteiger charge is -2.19. The van der Waals surface area contributed by atoms with Gasteiger partial charge in [0.2, 0.25) is 0 Å². The van der Waals surface area contributed by atoms with Crippen molar-refractivity contribution in [2.24, 2.45) is 0 Å². The van der Waals surface area contributed by atoms with Gasteiger partial charge in [0.15, 0.2) is 0 Å². The van der Waals surface area contributed by atoms with Crippen LogP contribution in [-0.4, -0.2) is 53.0 Å². The Bertz CT molecular complexity index is 1330. The van der Waals surface area contributed by atoms with Crippen molar-refractivity contribution in [1.29, 1.82) is 0 Å². The first-order valence-corrected chi connectivity index (χ1v) is 11.1. The molecule has 0 fully saturated rings. The minimum Gasteiger partial charge on any atom is -0.465 e.